The number of hydrogen-bond acceptors (Lipinski definition) is 2. The summed E-state index contributed by atoms with van der Waals surface area (Å²) in [6, 6.07) is 12.1. The molecule has 0 saturated heterocycles. The highest BCUT2D eigenvalue weighted by Crippen LogP contribution is 2.22. The van der Waals surface area contributed by atoms with E-state index in [1.165, 1.54) is 12.1 Å². The molecule has 23 heavy (non-hydrogen) atoms. The van der Waals surface area contributed by atoms with E-state index in [-0.39, 0.29) is 18.1 Å². The van der Waals surface area contributed by atoms with Gasteiger partial charge >= 0.3 is 0 Å². The van der Waals surface area contributed by atoms with Crippen molar-refractivity contribution >= 4 is 17.3 Å². The van der Waals surface area contributed by atoms with Crippen LogP contribution in [0.5, 0.6) is 0 Å². The van der Waals surface area contributed by atoms with Gasteiger partial charge in [-0.15, -0.1) is 0 Å². The van der Waals surface area contributed by atoms with Gasteiger partial charge in [-0.05, 0) is 62.2 Å². The summed E-state index contributed by atoms with van der Waals surface area (Å²) in [6.07, 6.45) is 0.162. The summed E-state index contributed by atoms with van der Waals surface area (Å²) >= 11 is 0. The molecule has 0 aliphatic rings. The van der Waals surface area contributed by atoms with E-state index in [4.69, 9.17) is 0 Å². The fraction of sp³-hybridized carbons (Fsp3) is 0.316. The summed E-state index contributed by atoms with van der Waals surface area (Å²) in [7, 11) is 0. The van der Waals surface area contributed by atoms with Crippen molar-refractivity contribution in [3.63, 3.8) is 0 Å². The van der Waals surface area contributed by atoms with Crippen molar-refractivity contribution in [2.24, 2.45) is 0 Å². The van der Waals surface area contributed by atoms with Crippen LogP contribution in [0.1, 0.15) is 25.0 Å². The Morgan fingerprint density at radius 2 is 1.87 bits per heavy atom. The zero-order valence-corrected chi connectivity index (χ0v) is 13.9. The zero-order chi connectivity index (χ0) is 16.8. The van der Waals surface area contributed by atoms with Crippen molar-refractivity contribution in [1.29, 1.82) is 0 Å². The first-order chi connectivity index (χ1) is 11.0. The average molecular weight is 314 g/mol. The normalized spacial score (nSPS) is 10.4. The number of rotatable bonds is 6. The molecule has 0 saturated carbocycles. The largest absolute Gasteiger partial charge is 0.372 e. The van der Waals surface area contributed by atoms with Crippen LogP contribution in [0.3, 0.4) is 0 Å². The van der Waals surface area contributed by atoms with E-state index in [1.807, 2.05) is 19.1 Å². The molecule has 4 heteroatoms. The van der Waals surface area contributed by atoms with Crippen LogP contribution < -0.4 is 10.2 Å². The smallest absolute Gasteiger partial charge is 0.228 e. The fourth-order valence-electron chi connectivity index (χ4n) is 2.60. The van der Waals surface area contributed by atoms with Gasteiger partial charge in [-0.2, -0.15) is 0 Å². The maximum Gasteiger partial charge on any atom is 0.228 e. The lowest BCUT2D eigenvalue weighted by molar-refractivity contribution is -0.115. The predicted octanol–water partition coefficient (Wildman–Crippen LogP) is 4.16. The monoisotopic (exact) mass is 314 g/mol. The van der Waals surface area contributed by atoms with E-state index in [0.29, 0.717) is 5.56 Å². The SMILES string of the molecule is CCN(CC)c1ccc(NC(=O)Cc2cccc(F)c2)c(C)c1. The molecule has 0 atom stereocenters. The van der Waals surface area contributed by atoms with Crippen LogP contribution in [-0.2, 0) is 11.2 Å². The Kier molecular flexibility index (Phi) is 5.74. The highest BCUT2D eigenvalue weighted by atomic mass is 19.1. The molecule has 0 fully saturated rings. The predicted molar refractivity (Wildman–Crippen MR) is 93.5 cm³/mol. The van der Waals surface area contributed by atoms with Crippen molar-refractivity contribution in [3.8, 4) is 0 Å². The van der Waals surface area contributed by atoms with Gasteiger partial charge in [0.15, 0.2) is 0 Å². The number of aryl methyl sites for hydroxylation is 1. The first kappa shape index (κ1) is 17.0. The lowest BCUT2D eigenvalue weighted by Crippen LogP contribution is -2.22. The van der Waals surface area contributed by atoms with Crippen LogP contribution in [0.4, 0.5) is 15.8 Å². The Morgan fingerprint density at radius 1 is 1.13 bits per heavy atom. The van der Waals surface area contributed by atoms with Crippen molar-refractivity contribution < 1.29 is 9.18 Å². The molecule has 0 heterocycles. The topological polar surface area (TPSA) is 32.3 Å². The van der Waals surface area contributed by atoms with E-state index in [1.54, 1.807) is 12.1 Å². The number of hydrogen-bond donors (Lipinski definition) is 1. The molecule has 0 aliphatic heterocycles. The van der Waals surface area contributed by atoms with E-state index in [0.717, 1.165) is 30.0 Å². The minimum atomic E-state index is -0.324. The van der Waals surface area contributed by atoms with Crippen molar-refractivity contribution in [2.45, 2.75) is 27.2 Å². The van der Waals surface area contributed by atoms with E-state index in [9.17, 15) is 9.18 Å². The minimum Gasteiger partial charge on any atom is -0.372 e. The van der Waals surface area contributed by atoms with Gasteiger partial charge in [0.1, 0.15) is 5.82 Å². The second-order valence-corrected chi connectivity index (χ2v) is 5.53. The molecule has 0 bridgehead atoms. The van der Waals surface area contributed by atoms with Gasteiger partial charge in [-0.1, -0.05) is 12.1 Å². The number of nitrogens with zero attached hydrogens (tertiary/aromatic N) is 1. The summed E-state index contributed by atoms with van der Waals surface area (Å²) in [5.74, 6) is -0.468. The Morgan fingerprint density at radius 3 is 2.48 bits per heavy atom. The Hall–Kier alpha value is -2.36. The van der Waals surface area contributed by atoms with E-state index >= 15 is 0 Å². The molecule has 1 amide bonds. The number of nitrogens with one attached hydrogen (secondary N) is 1. The van der Waals surface area contributed by atoms with Crippen molar-refractivity contribution in [2.75, 3.05) is 23.3 Å². The molecular formula is C19H23FN2O. The van der Waals surface area contributed by atoms with Crippen LogP contribution in [0.25, 0.3) is 0 Å². The molecule has 2 aromatic carbocycles. The number of carbonyl (C=O) groups is 1. The van der Waals surface area contributed by atoms with E-state index < -0.39 is 0 Å². The summed E-state index contributed by atoms with van der Waals surface area (Å²) in [6.45, 7) is 8.11. The Bertz CT molecular complexity index is 681. The molecule has 2 aromatic rings. The maximum atomic E-state index is 13.2. The molecular weight excluding hydrogens is 291 g/mol. The van der Waals surface area contributed by atoms with Crippen LogP contribution >= 0.6 is 0 Å². The molecule has 1 N–H and O–H groups in total. The second kappa shape index (κ2) is 7.77. The number of anilines is 2. The van der Waals surface area contributed by atoms with Gasteiger partial charge in [0.25, 0.3) is 0 Å². The minimum absolute atomic E-state index is 0.144. The molecule has 0 unspecified atom stereocenters. The number of halogens is 1. The second-order valence-electron chi connectivity index (χ2n) is 5.53. The molecule has 3 nitrogen and oxygen atoms in total. The molecule has 0 radical (unpaired) electrons. The number of amides is 1. The van der Waals surface area contributed by atoms with Crippen LogP contribution in [0.2, 0.25) is 0 Å². The van der Waals surface area contributed by atoms with E-state index in [2.05, 4.69) is 30.1 Å². The van der Waals surface area contributed by atoms with Gasteiger partial charge in [0, 0.05) is 24.5 Å². The summed E-state index contributed by atoms with van der Waals surface area (Å²) in [5, 5.41) is 2.90. The van der Waals surface area contributed by atoms with Gasteiger partial charge in [0.2, 0.25) is 5.91 Å². The van der Waals surface area contributed by atoms with Gasteiger partial charge < -0.3 is 10.2 Å². The Balaban J connectivity index is 2.06. The molecule has 0 aromatic heterocycles. The fourth-order valence-corrected chi connectivity index (χ4v) is 2.60. The molecule has 2 rings (SSSR count). The highest BCUT2D eigenvalue weighted by Gasteiger charge is 2.09. The zero-order valence-electron chi connectivity index (χ0n) is 13.9. The third kappa shape index (κ3) is 4.55. The van der Waals surface area contributed by atoms with Crippen LogP contribution in [0.15, 0.2) is 42.5 Å². The van der Waals surface area contributed by atoms with Gasteiger partial charge in [-0.25, -0.2) is 4.39 Å². The number of benzene rings is 2. The maximum absolute atomic E-state index is 13.2. The van der Waals surface area contributed by atoms with Crippen molar-refractivity contribution in [3.05, 3.63) is 59.4 Å². The molecule has 0 spiro atoms. The summed E-state index contributed by atoms with van der Waals surface area (Å²) in [4.78, 5) is 14.4. The lowest BCUT2D eigenvalue weighted by atomic mass is 10.1. The average Bonchev–Trinajstić information content (AvgIpc) is 2.51. The first-order valence-corrected chi connectivity index (χ1v) is 7.93. The van der Waals surface area contributed by atoms with Gasteiger partial charge in [-0.3, -0.25) is 4.79 Å². The third-order valence-electron chi connectivity index (χ3n) is 3.87. The highest BCUT2D eigenvalue weighted by molar-refractivity contribution is 5.93. The summed E-state index contributed by atoms with van der Waals surface area (Å²) < 4.78 is 13.2. The molecule has 122 valence electrons. The standard InChI is InChI=1S/C19H23FN2O/c1-4-22(5-2)17-9-10-18(14(3)11-17)21-19(23)13-15-7-6-8-16(20)12-15/h6-12H,4-5,13H2,1-3H3,(H,21,23). The van der Waals surface area contributed by atoms with Gasteiger partial charge in [0.05, 0.1) is 6.42 Å². The summed E-state index contributed by atoms with van der Waals surface area (Å²) in [5.41, 5.74) is 3.62. The lowest BCUT2D eigenvalue weighted by Gasteiger charge is -2.22. The number of carbonyl (C=O) groups excluding carboxylic acids is 1. The van der Waals surface area contributed by atoms with Crippen LogP contribution in [-0.4, -0.2) is 19.0 Å². The first-order valence-electron chi connectivity index (χ1n) is 7.93. The third-order valence-corrected chi connectivity index (χ3v) is 3.87. The molecule has 0 aliphatic carbocycles. The Labute approximate surface area is 137 Å². The quantitative estimate of drug-likeness (QED) is 0.868. The van der Waals surface area contributed by atoms with Crippen molar-refractivity contribution in [1.82, 2.24) is 0 Å². The van der Waals surface area contributed by atoms with Crippen LogP contribution in [0, 0.1) is 12.7 Å².